The molecule has 0 atom stereocenters. The number of nitrogens with one attached hydrogen (secondary N) is 3. The largest absolute Gasteiger partial charge is 0.322 e. The number of benzene rings is 3. The Kier molecular flexibility index (Phi) is 6.72. The number of hydrogen-bond donors (Lipinski definition) is 3. The van der Waals surface area contributed by atoms with Crippen molar-refractivity contribution >= 4 is 46.6 Å². The number of rotatable bonds is 4. The molecule has 0 heterocycles. The molecule has 3 aromatic rings. The van der Waals surface area contributed by atoms with Gasteiger partial charge in [0.05, 0.1) is 10.6 Å². The summed E-state index contributed by atoms with van der Waals surface area (Å²) in [4.78, 5) is 36.6. The van der Waals surface area contributed by atoms with Crippen molar-refractivity contribution in [3.8, 4) is 0 Å². The first-order valence-corrected chi connectivity index (χ1v) is 9.63. The molecule has 30 heavy (non-hydrogen) atoms. The highest BCUT2D eigenvalue weighted by molar-refractivity contribution is 6.36. The van der Waals surface area contributed by atoms with Crippen LogP contribution in [0.25, 0.3) is 0 Å². The third kappa shape index (κ3) is 5.37. The zero-order valence-electron chi connectivity index (χ0n) is 15.8. The van der Waals surface area contributed by atoms with Crippen LogP contribution in [0.5, 0.6) is 0 Å². The van der Waals surface area contributed by atoms with Crippen molar-refractivity contribution in [1.82, 2.24) is 10.9 Å². The number of aryl methyl sites for hydroxylation is 1. The van der Waals surface area contributed by atoms with Gasteiger partial charge in [-0.2, -0.15) is 0 Å². The zero-order chi connectivity index (χ0) is 21.7. The van der Waals surface area contributed by atoms with Gasteiger partial charge in [-0.1, -0.05) is 40.9 Å². The van der Waals surface area contributed by atoms with Crippen molar-refractivity contribution in [2.45, 2.75) is 6.92 Å². The predicted octanol–water partition coefficient (Wildman–Crippen LogP) is 4.63. The maximum atomic E-state index is 12.2. The summed E-state index contributed by atoms with van der Waals surface area (Å²) in [6, 6.07) is 17.8. The van der Waals surface area contributed by atoms with Crippen molar-refractivity contribution in [3.63, 3.8) is 0 Å². The Morgan fingerprint density at radius 2 is 1.27 bits per heavy atom. The van der Waals surface area contributed by atoms with Crippen molar-refractivity contribution < 1.29 is 14.4 Å². The van der Waals surface area contributed by atoms with Crippen LogP contribution in [0, 0.1) is 6.92 Å². The molecule has 6 nitrogen and oxygen atoms in total. The molecule has 0 aliphatic heterocycles. The van der Waals surface area contributed by atoms with Crippen LogP contribution in [0.1, 0.15) is 36.6 Å². The molecule has 0 aliphatic carbocycles. The van der Waals surface area contributed by atoms with Gasteiger partial charge >= 0.3 is 0 Å². The fourth-order valence-corrected chi connectivity index (χ4v) is 3.03. The van der Waals surface area contributed by atoms with Crippen LogP contribution in [0.15, 0.2) is 66.7 Å². The van der Waals surface area contributed by atoms with Gasteiger partial charge in [-0.15, -0.1) is 0 Å². The second-order valence-electron chi connectivity index (χ2n) is 6.43. The molecule has 3 rings (SSSR count). The first-order valence-electron chi connectivity index (χ1n) is 8.87. The highest BCUT2D eigenvalue weighted by atomic mass is 35.5. The Morgan fingerprint density at radius 3 is 1.90 bits per heavy atom. The van der Waals surface area contributed by atoms with E-state index in [0.29, 0.717) is 21.8 Å². The maximum absolute atomic E-state index is 12.2. The van der Waals surface area contributed by atoms with Crippen LogP contribution in [-0.4, -0.2) is 17.7 Å². The molecular formula is C22H17Cl2N3O3. The molecule has 0 fully saturated rings. The summed E-state index contributed by atoms with van der Waals surface area (Å²) in [5.74, 6) is -1.35. The molecule has 0 radical (unpaired) electrons. The summed E-state index contributed by atoms with van der Waals surface area (Å²) >= 11 is 11.8. The van der Waals surface area contributed by atoms with Crippen molar-refractivity contribution in [2.24, 2.45) is 0 Å². The Labute approximate surface area is 183 Å². The number of hydrogen-bond acceptors (Lipinski definition) is 3. The minimum atomic E-state index is -0.577. The Hall–Kier alpha value is -3.35. The van der Waals surface area contributed by atoms with Crippen molar-refractivity contribution in [3.05, 3.63) is 99.0 Å². The molecular weight excluding hydrogens is 425 g/mol. The number of hydrazine groups is 1. The van der Waals surface area contributed by atoms with E-state index >= 15 is 0 Å². The van der Waals surface area contributed by atoms with Crippen molar-refractivity contribution in [2.75, 3.05) is 5.32 Å². The molecule has 0 aliphatic rings. The fourth-order valence-electron chi connectivity index (χ4n) is 2.54. The monoisotopic (exact) mass is 441 g/mol. The van der Waals surface area contributed by atoms with E-state index in [9.17, 15) is 14.4 Å². The molecule has 152 valence electrons. The van der Waals surface area contributed by atoms with Gasteiger partial charge in [0.1, 0.15) is 0 Å². The van der Waals surface area contributed by atoms with Gasteiger partial charge < -0.3 is 5.32 Å². The van der Waals surface area contributed by atoms with Crippen LogP contribution in [0.2, 0.25) is 10.0 Å². The van der Waals surface area contributed by atoms with E-state index in [1.165, 1.54) is 30.3 Å². The van der Waals surface area contributed by atoms with Gasteiger partial charge in [-0.25, -0.2) is 0 Å². The minimum Gasteiger partial charge on any atom is -0.322 e. The van der Waals surface area contributed by atoms with Gasteiger partial charge in [-0.05, 0) is 61.5 Å². The molecule has 0 unspecified atom stereocenters. The van der Waals surface area contributed by atoms with Crippen LogP contribution < -0.4 is 16.2 Å². The SMILES string of the molecule is Cc1ccc(C(=O)Nc2ccc(C(=O)NNC(=O)c3ccc(Cl)cc3Cl)cc2)cc1. The predicted molar refractivity (Wildman–Crippen MR) is 117 cm³/mol. The van der Waals surface area contributed by atoms with Crippen LogP contribution in [0.3, 0.4) is 0 Å². The first-order chi connectivity index (χ1) is 14.3. The minimum absolute atomic E-state index is 0.169. The lowest BCUT2D eigenvalue weighted by molar-refractivity contribution is 0.0847. The smallest absolute Gasteiger partial charge is 0.271 e. The Balaban J connectivity index is 1.57. The molecule has 3 N–H and O–H groups in total. The Bertz CT molecular complexity index is 1100. The number of carbonyl (C=O) groups excluding carboxylic acids is 3. The molecule has 0 aromatic heterocycles. The average Bonchev–Trinajstić information content (AvgIpc) is 2.72. The molecule has 0 saturated carbocycles. The van der Waals surface area contributed by atoms with Crippen LogP contribution in [-0.2, 0) is 0 Å². The summed E-state index contributed by atoms with van der Waals surface area (Å²) < 4.78 is 0. The number of halogens is 2. The van der Waals surface area contributed by atoms with E-state index in [1.54, 1.807) is 24.3 Å². The average molecular weight is 442 g/mol. The lowest BCUT2D eigenvalue weighted by atomic mass is 10.1. The third-order valence-corrected chi connectivity index (χ3v) is 4.73. The first kappa shape index (κ1) is 21.4. The lowest BCUT2D eigenvalue weighted by Gasteiger charge is -2.10. The molecule has 3 amide bonds. The second kappa shape index (κ2) is 9.43. The summed E-state index contributed by atoms with van der Waals surface area (Å²) in [6.07, 6.45) is 0. The second-order valence-corrected chi connectivity index (χ2v) is 7.27. The van der Waals surface area contributed by atoms with Gasteiger partial charge in [0, 0.05) is 21.8 Å². The van der Waals surface area contributed by atoms with E-state index in [4.69, 9.17) is 23.2 Å². The van der Waals surface area contributed by atoms with E-state index in [0.717, 1.165) is 5.56 Å². The lowest BCUT2D eigenvalue weighted by Crippen LogP contribution is -2.41. The van der Waals surface area contributed by atoms with E-state index < -0.39 is 11.8 Å². The van der Waals surface area contributed by atoms with E-state index in [1.807, 2.05) is 19.1 Å². The summed E-state index contributed by atoms with van der Waals surface area (Å²) in [5.41, 5.74) is 7.21. The normalized spacial score (nSPS) is 10.2. The van der Waals surface area contributed by atoms with Crippen LogP contribution >= 0.6 is 23.2 Å². The number of anilines is 1. The van der Waals surface area contributed by atoms with Crippen molar-refractivity contribution in [1.29, 1.82) is 0 Å². The molecule has 8 heteroatoms. The third-order valence-electron chi connectivity index (χ3n) is 4.18. The quantitative estimate of drug-likeness (QED) is 0.515. The molecule has 0 bridgehead atoms. The van der Waals surface area contributed by atoms with Gasteiger partial charge in [0.2, 0.25) is 0 Å². The Morgan fingerprint density at radius 1 is 0.700 bits per heavy atom. The summed E-state index contributed by atoms with van der Waals surface area (Å²) in [7, 11) is 0. The fraction of sp³-hybridized carbons (Fsp3) is 0.0455. The topological polar surface area (TPSA) is 87.3 Å². The molecule has 0 saturated heterocycles. The zero-order valence-corrected chi connectivity index (χ0v) is 17.3. The highest BCUT2D eigenvalue weighted by Crippen LogP contribution is 2.20. The number of amides is 3. The highest BCUT2D eigenvalue weighted by Gasteiger charge is 2.13. The number of carbonyl (C=O) groups is 3. The summed E-state index contributed by atoms with van der Waals surface area (Å²) in [6.45, 7) is 1.94. The van der Waals surface area contributed by atoms with Gasteiger partial charge in [-0.3, -0.25) is 25.2 Å². The van der Waals surface area contributed by atoms with Gasteiger partial charge in [0.15, 0.2) is 0 Å². The van der Waals surface area contributed by atoms with Gasteiger partial charge in [0.25, 0.3) is 17.7 Å². The van der Waals surface area contributed by atoms with E-state index in [2.05, 4.69) is 16.2 Å². The van der Waals surface area contributed by atoms with E-state index in [-0.39, 0.29) is 16.5 Å². The maximum Gasteiger partial charge on any atom is 0.271 e. The molecule has 3 aromatic carbocycles. The van der Waals surface area contributed by atoms with Crippen LogP contribution in [0.4, 0.5) is 5.69 Å². The standard InChI is InChI=1S/C22H17Cl2N3O3/c1-13-2-4-14(5-3-13)20(28)25-17-9-6-15(7-10-17)21(29)26-27-22(30)18-11-8-16(23)12-19(18)24/h2-12H,1H3,(H,25,28)(H,26,29)(H,27,30). The molecule has 0 spiro atoms. The summed E-state index contributed by atoms with van der Waals surface area (Å²) in [5, 5.41) is 3.33.